The van der Waals surface area contributed by atoms with E-state index in [0.29, 0.717) is 6.61 Å². The minimum atomic E-state index is -1.62. The molecule has 0 aliphatic carbocycles. The van der Waals surface area contributed by atoms with E-state index in [1.807, 2.05) is 61.5 Å². The van der Waals surface area contributed by atoms with Gasteiger partial charge in [-0.15, -0.1) is 0 Å². The predicted octanol–water partition coefficient (Wildman–Crippen LogP) is 2.92. The summed E-state index contributed by atoms with van der Waals surface area (Å²) in [4.78, 5) is 12.2. The average Bonchev–Trinajstić information content (AvgIpc) is 2.72. The van der Waals surface area contributed by atoms with E-state index >= 15 is 0 Å². The van der Waals surface area contributed by atoms with E-state index in [2.05, 4.69) is 0 Å². The summed E-state index contributed by atoms with van der Waals surface area (Å²) in [6.07, 6.45) is -0.932. The van der Waals surface area contributed by atoms with Crippen molar-refractivity contribution in [3.05, 3.63) is 60.2 Å². The first kappa shape index (κ1) is 21.1. The standard InChI is InChI=1S/C21H27NO5/c1-3-26-14-13-19(23)21(2,20(24)22-25)27-15-17-11-7-8-12-18(17)16-9-5-4-6-10-16/h4-12,19,23,25H,3,13-15H2,1-2H3,(H,22,24)/t19-,21-/m0/s1. The molecule has 27 heavy (non-hydrogen) atoms. The summed E-state index contributed by atoms with van der Waals surface area (Å²) in [5, 5.41) is 19.6. The highest BCUT2D eigenvalue weighted by Gasteiger charge is 2.41. The van der Waals surface area contributed by atoms with Crippen molar-refractivity contribution in [3.63, 3.8) is 0 Å². The van der Waals surface area contributed by atoms with E-state index in [1.165, 1.54) is 6.92 Å². The lowest BCUT2D eigenvalue weighted by Gasteiger charge is -2.32. The summed E-state index contributed by atoms with van der Waals surface area (Å²) < 4.78 is 11.1. The van der Waals surface area contributed by atoms with Crippen LogP contribution in [0, 0.1) is 0 Å². The topological polar surface area (TPSA) is 88.0 Å². The summed E-state index contributed by atoms with van der Waals surface area (Å²) in [7, 11) is 0. The molecule has 0 fully saturated rings. The number of carbonyl (C=O) groups is 1. The smallest absolute Gasteiger partial charge is 0.277 e. The number of hydrogen-bond donors (Lipinski definition) is 3. The number of amides is 1. The zero-order valence-electron chi connectivity index (χ0n) is 15.7. The molecule has 0 unspecified atom stereocenters. The molecule has 0 heterocycles. The molecule has 146 valence electrons. The molecule has 0 aromatic heterocycles. The Morgan fingerprint density at radius 2 is 1.81 bits per heavy atom. The molecule has 6 heteroatoms. The quantitative estimate of drug-likeness (QED) is 0.339. The number of nitrogens with one attached hydrogen (secondary N) is 1. The number of hydroxylamine groups is 1. The molecule has 0 aliphatic rings. The molecule has 2 rings (SSSR count). The van der Waals surface area contributed by atoms with Crippen molar-refractivity contribution in [3.8, 4) is 11.1 Å². The maximum absolute atomic E-state index is 12.2. The minimum Gasteiger partial charge on any atom is -0.389 e. The second-order valence-electron chi connectivity index (χ2n) is 6.36. The minimum absolute atomic E-state index is 0.0979. The maximum atomic E-state index is 12.2. The number of benzene rings is 2. The molecule has 0 spiro atoms. The highest BCUT2D eigenvalue weighted by Crippen LogP contribution is 2.27. The van der Waals surface area contributed by atoms with Crippen molar-refractivity contribution in [2.24, 2.45) is 0 Å². The number of ether oxygens (including phenoxy) is 2. The average molecular weight is 373 g/mol. The third-order valence-corrected chi connectivity index (χ3v) is 4.56. The van der Waals surface area contributed by atoms with Gasteiger partial charge in [0.25, 0.3) is 5.91 Å². The lowest BCUT2D eigenvalue weighted by Crippen LogP contribution is -2.54. The van der Waals surface area contributed by atoms with Crippen LogP contribution in [-0.2, 0) is 20.9 Å². The van der Waals surface area contributed by atoms with Crippen molar-refractivity contribution >= 4 is 5.91 Å². The van der Waals surface area contributed by atoms with Gasteiger partial charge in [-0.25, -0.2) is 5.48 Å². The zero-order valence-corrected chi connectivity index (χ0v) is 15.7. The predicted molar refractivity (Wildman–Crippen MR) is 102 cm³/mol. The van der Waals surface area contributed by atoms with Gasteiger partial charge in [0.2, 0.25) is 0 Å². The van der Waals surface area contributed by atoms with Gasteiger partial charge in [-0.3, -0.25) is 10.0 Å². The van der Waals surface area contributed by atoms with Crippen molar-refractivity contribution < 1.29 is 24.6 Å². The van der Waals surface area contributed by atoms with E-state index < -0.39 is 17.6 Å². The SMILES string of the molecule is CCOCC[C@H](O)[C@](C)(OCc1ccccc1-c1ccccc1)C(=O)NO. The highest BCUT2D eigenvalue weighted by atomic mass is 16.5. The fraction of sp³-hybridized carbons (Fsp3) is 0.381. The van der Waals surface area contributed by atoms with E-state index in [4.69, 9.17) is 14.7 Å². The largest absolute Gasteiger partial charge is 0.389 e. The van der Waals surface area contributed by atoms with Gasteiger partial charge < -0.3 is 14.6 Å². The van der Waals surface area contributed by atoms with Crippen LogP contribution in [0.1, 0.15) is 25.8 Å². The van der Waals surface area contributed by atoms with Crippen LogP contribution in [0.4, 0.5) is 0 Å². The van der Waals surface area contributed by atoms with Gasteiger partial charge in [0, 0.05) is 19.6 Å². The molecule has 0 bridgehead atoms. The Balaban J connectivity index is 2.19. The third-order valence-electron chi connectivity index (χ3n) is 4.56. The van der Waals surface area contributed by atoms with Crippen molar-refractivity contribution in [1.29, 1.82) is 0 Å². The van der Waals surface area contributed by atoms with Crippen LogP contribution in [0.2, 0.25) is 0 Å². The molecule has 0 saturated heterocycles. The fourth-order valence-corrected chi connectivity index (χ4v) is 2.81. The number of aliphatic hydroxyl groups is 1. The van der Waals surface area contributed by atoms with Crippen LogP contribution in [0.25, 0.3) is 11.1 Å². The Morgan fingerprint density at radius 1 is 1.15 bits per heavy atom. The van der Waals surface area contributed by atoms with Crippen molar-refractivity contribution in [1.82, 2.24) is 5.48 Å². The van der Waals surface area contributed by atoms with Gasteiger partial charge in [0.15, 0.2) is 5.60 Å². The van der Waals surface area contributed by atoms with Gasteiger partial charge in [0.05, 0.1) is 12.7 Å². The molecule has 1 amide bonds. The summed E-state index contributed by atoms with van der Waals surface area (Å²) >= 11 is 0. The maximum Gasteiger partial charge on any atom is 0.277 e. The second kappa shape index (κ2) is 10.2. The number of rotatable bonds is 10. The summed E-state index contributed by atoms with van der Waals surface area (Å²) in [6.45, 7) is 4.21. The molecular weight excluding hydrogens is 346 g/mol. The first-order chi connectivity index (χ1) is 13.0. The van der Waals surface area contributed by atoms with Crippen LogP contribution in [0.3, 0.4) is 0 Å². The third kappa shape index (κ3) is 5.37. The Labute approximate surface area is 159 Å². The molecule has 2 aromatic carbocycles. The number of hydrogen-bond acceptors (Lipinski definition) is 5. The van der Waals surface area contributed by atoms with Crippen molar-refractivity contribution in [2.45, 2.75) is 38.6 Å². The fourth-order valence-electron chi connectivity index (χ4n) is 2.81. The van der Waals surface area contributed by atoms with Gasteiger partial charge >= 0.3 is 0 Å². The summed E-state index contributed by atoms with van der Waals surface area (Å²) in [5.41, 5.74) is 2.86. The monoisotopic (exact) mass is 373 g/mol. The Bertz CT molecular complexity index is 722. The molecule has 0 radical (unpaired) electrons. The number of aliphatic hydroxyl groups excluding tert-OH is 1. The molecular formula is C21H27NO5. The first-order valence-corrected chi connectivity index (χ1v) is 9.00. The molecule has 2 aromatic rings. The van der Waals surface area contributed by atoms with E-state index in [-0.39, 0.29) is 19.6 Å². The Morgan fingerprint density at radius 3 is 2.48 bits per heavy atom. The van der Waals surface area contributed by atoms with E-state index in [1.54, 1.807) is 5.48 Å². The van der Waals surface area contributed by atoms with Crippen LogP contribution < -0.4 is 5.48 Å². The van der Waals surface area contributed by atoms with Crippen LogP contribution in [0.15, 0.2) is 54.6 Å². The summed E-state index contributed by atoms with van der Waals surface area (Å²) in [5.74, 6) is -0.802. The second-order valence-corrected chi connectivity index (χ2v) is 6.36. The highest BCUT2D eigenvalue weighted by molar-refractivity contribution is 5.84. The Hall–Kier alpha value is -2.25. The molecule has 3 N–H and O–H groups in total. The van der Waals surface area contributed by atoms with Gasteiger partial charge in [-0.2, -0.15) is 0 Å². The van der Waals surface area contributed by atoms with Crippen LogP contribution in [0.5, 0.6) is 0 Å². The summed E-state index contributed by atoms with van der Waals surface area (Å²) in [6, 6.07) is 17.5. The van der Waals surface area contributed by atoms with E-state index in [0.717, 1.165) is 16.7 Å². The van der Waals surface area contributed by atoms with Gasteiger partial charge in [-0.1, -0.05) is 54.6 Å². The first-order valence-electron chi connectivity index (χ1n) is 9.00. The van der Waals surface area contributed by atoms with Gasteiger partial charge in [0.1, 0.15) is 0 Å². The molecule has 6 nitrogen and oxygen atoms in total. The Kier molecular flexibility index (Phi) is 7.94. The normalized spacial score (nSPS) is 14.4. The zero-order chi connectivity index (χ0) is 19.7. The lowest BCUT2D eigenvalue weighted by molar-refractivity contribution is -0.174. The number of carbonyl (C=O) groups excluding carboxylic acids is 1. The molecule has 0 saturated carbocycles. The lowest BCUT2D eigenvalue weighted by atomic mass is 9.95. The van der Waals surface area contributed by atoms with Crippen molar-refractivity contribution in [2.75, 3.05) is 13.2 Å². The van der Waals surface area contributed by atoms with Gasteiger partial charge in [-0.05, 0) is 30.5 Å². The van der Waals surface area contributed by atoms with Crippen LogP contribution in [-0.4, -0.2) is 41.1 Å². The van der Waals surface area contributed by atoms with Crippen LogP contribution >= 0.6 is 0 Å². The molecule has 2 atom stereocenters. The molecule has 0 aliphatic heterocycles. The van der Waals surface area contributed by atoms with E-state index in [9.17, 15) is 9.90 Å².